The van der Waals surface area contributed by atoms with Gasteiger partial charge in [0.1, 0.15) is 0 Å². The predicted molar refractivity (Wildman–Crippen MR) is 66.1 cm³/mol. The third kappa shape index (κ3) is 2.32. The van der Waals surface area contributed by atoms with Crippen LogP contribution in [0.15, 0.2) is 9.81 Å². The van der Waals surface area contributed by atoms with Crippen LogP contribution in [0.1, 0.15) is 25.7 Å². The van der Waals surface area contributed by atoms with E-state index in [4.69, 9.17) is 9.05 Å². The fraction of sp³-hybridized carbons (Fsp3) is 0.778. The van der Waals surface area contributed by atoms with Gasteiger partial charge in [-0.25, -0.2) is 0 Å². The highest BCUT2D eigenvalue weighted by atomic mass is 32.2. The first kappa shape index (κ1) is 12.1. The standard InChI is InChI=1S/C9H15O3PS2/c1-11-13(10,12-2)9-14-7-5-3-4-6-8(7)15-9/h9H,3-6H2,1-2H3. The summed E-state index contributed by atoms with van der Waals surface area (Å²) < 4.78 is 22.2. The molecule has 0 bridgehead atoms. The van der Waals surface area contributed by atoms with Crippen molar-refractivity contribution in [3.8, 4) is 0 Å². The normalized spacial score (nSPS) is 23.3. The lowest BCUT2D eigenvalue weighted by Crippen LogP contribution is -1.99. The molecule has 6 heteroatoms. The molecule has 0 spiro atoms. The monoisotopic (exact) mass is 266 g/mol. The molecule has 0 amide bonds. The molecule has 1 aliphatic carbocycles. The Balaban J connectivity index is 2.09. The summed E-state index contributed by atoms with van der Waals surface area (Å²) in [5.41, 5.74) is 0. The first-order valence-electron chi connectivity index (χ1n) is 4.96. The van der Waals surface area contributed by atoms with Crippen molar-refractivity contribution in [1.29, 1.82) is 0 Å². The van der Waals surface area contributed by atoms with Crippen LogP contribution >= 0.6 is 31.1 Å². The molecule has 0 atom stereocenters. The molecule has 0 fully saturated rings. The molecule has 0 saturated heterocycles. The van der Waals surface area contributed by atoms with Crippen molar-refractivity contribution in [2.75, 3.05) is 14.2 Å². The SMILES string of the molecule is COP(=O)(OC)C1SC2=C(CCCC2)S1. The molecule has 1 heterocycles. The first-order valence-corrected chi connectivity index (χ1v) is 8.33. The Kier molecular flexibility index (Phi) is 3.89. The zero-order valence-corrected chi connectivity index (χ0v) is 11.4. The molecule has 0 N–H and O–H groups in total. The van der Waals surface area contributed by atoms with Gasteiger partial charge in [0.05, 0.1) is 0 Å². The fourth-order valence-electron chi connectivity index (χ4n) is 1.74. The minimum Gasteiger partial charge on any atom is -0.311 e. The van der Waals surface area contributed by atoms with Crippen LogP contribution in [0.3, 0.4) is 0 Å². The van der Waals surface area contributed by atoms with E-state index in [2.05, 4.69) is 0 Å². The molecule has 86 valence electrons. The average molecular weight is 266 g/mol. The van der Waals surface area contributed by atoms with Gasteiger partial charge < -0.3 is 9.05 Å². The van der Waals surface area contributed by atoms with Gasteiger partial charge in [-0.3, -0.25) is 4.57 Å². The maximum atomic E-state index is 12.2. The van der Waals surface area contributed by atoms with E-state index in [-0.39, 0.29) is 4.32 Å². The molecule has 3 nitrogen and oxygen atoms in total. The zero-order chi connectivity index (χ0) is 10.9. The van der Waals surface area contributed by atoms with Crippen molar-refractivity contribution in [3.63, 3.8) is 0 Å². The summed E-state index contributed by atoms with van der Waals surface area (Å²) >= 11 is 3.36. The van der Waals surface area contributed by atoms with E-state index in [1.54, 1.807) is 23.5 Å². The fourth-order valence-corrected chi connectivity index (χ4v) is 7.72. The van der Waals surface area contributed by atoms with Crippen molar-refractivity contribution in [1.82, 2.24) is 0 Å². The lowest BCUT2D eigenvalue weighted by Gasteiger charge is -2.18. The summed E-state index contributed by atoms with van der Waals surface area (Å²) in [6, 6.07) is 0. The van der Waals surface area contributed by atoms with E-state index in [0.717, 1.165) is 12.8 Å². The second-order valence-electron chi connectivity index (χ2n) is 3.50. The smallest absolute Gasteiger partial charge is 0.311 e. The lowest BCUT2D eigenvalue weighted by molar-refractivity contribution is 0.279. The van der Waals surface area contributed by atoms with Crippen molar-refractivity contribution in [2.45, 2.75) is 30.0 Å². The van der Waals surface area contributed by atoms with Gasteiger partial charge in [-0.1, -0.05) is 0 Å². The summed E-state index contributed by atoms with van der Waals surface area (Å²) in [6.07, 6.45) is 4.78. The van der Waals surface area contributed by atoms with Gasteiger partial charge in [0.15, 0.2) is 4.32 Å². The van der Waals surface area contributed by atoms with Crippen LogP contribution in [0.25, 0.3) is 0 Å². The van der Waals surface area contributed by atoms with Crippen molar-refractivity contribution < 1.29 is 13.6 Å². The van der Waals surface area contributed by atoms with Gasteiger partial charge in [0.2, 0.25) is 0 Å². The molecule has 15 heavy (non-hydrogen) atoms. The van der Waals surface area contributed by atoms with E-state index >= 15 is 0 Å². The number of allylic oxidation sites excluding steroid dienone is 2. The summed E-state index contributed by atoms with van der Waals surface area (Å²) in [5, 5.41) is 0. The lowest BCUT2D eigenvalue weighted by atomic mass is 10.1. The molecule has 0 unspecified atom stereocenters. The summed E-state index contributed by atoms with van der Waals surface area (Å²) in [7, 11) is 0.00421. The molecule has 2 rings (SSSR count). The van der Waals surface area contributed by atoms with Gasteiger partial charge in [-0.2, -0.15) is 0 Å². The highest BCUT2D eigenvalue weighted by Gasteiger charge is 2.41. The van der Waals surface area contributed by atoms with Crippen LogP contribution in [-0.4, -0.2) is 18.5 Å². The second-order valence-corrected chi connectivity index (χ2v) is 9.22. The van der Waals surface area contributed by atoms with E-state index in [1.807, 2.05) is 0 Å². The number of rotatable bonds is 3. The maximum absolute atomic E-state index is 12.2. The van der Waals surface area contributed by atoms with Crippen LogP contribution < -0.4 is 0 Å². The number of hydrogen-bond acceptors (Lipinski definition) is 5. The topological polar surface area (TPSA) is 35.5 Å². The Morgan fingerprint density at radius 1 is 1.13 bits per heavy atom. The minimum absolute atomic E-state index is 0.0874. The zero-order valence-electron chi connectivity index (χ0n) is 8.89. The van der Waals surface area contributed by atoms with Crippen LogP contribution in [0.5, 0.6) is 0 Å². The Bertz CT molecular complexity index is 303. The number of hydrogen-bond donors (Lipinski definition) is 0. The first-order chi connectivity index (χ1) is 7.19. The van der Waals surface area contributed by atoms with Crippen molar-refractivity contribution >= 4 is 31.1 Å². The van der Waals surface area contributed by atoms with Crippen LogP contribution in [0.4, 0.5) is 0 Å². The maximum Gasteiger partial charge on any atom is 0.353 e. The van der Waals surface area contributed by atoms with Gasteiger partial charge in [-0.15, -0.1) is 23.5 Å². The summed E-state index contributed by atoms with van der Waals surface area (Å²) in [6.45, 7) is 0. The summed E-state index contributed by atoms with van der Waals surface area (Å²) in [5.74, 6) is 0. The van der Waals surface area contributed by atoms with Crippen molar-refractivity contribution in [3.05, 3.63) is 9.81 Å². The van der Waals surface area contributed by atoms with Gasteiger partial charge in [-0.05, 0) is 35.5 Å². The average Bonchev–Trinajstić information content (AvgIpc) is 2.72. The van der Waals surface area contributed by atoms with Gasteiger partial charge >= 0.3 is 7.60 Å². The Morgan fingerprint density at radius 3 is 2.00 bits per heavy atom. The molecule has 0 radical (unpaired) electrons. The molecular weight excluding hydrogens is 251 g/mol. The Hall–Kier alpha value is 0.590. The second kappa shape index (κ2) is 4.84. The van der Waals surface area contributed by atoms with Gasteiger partial charge in [0, 0.05) is 14.2 Å². The summed E-state index contributed by atoms with van der Waals surface area (Å²) in [4.78, 5) is 2.82. The molecule has 1 aliphatic heterocycles. The molecule has 0 aromatic rings. The van der Waals surface area contributed by atoms with Crippen LogP contribution in [0, 0.1) is 0 Å². The van der Waals surface area contributed by atoms with Crippen LogP contribution in [0.2, 0.25) is 0 Å². The highest BCUT2D eigenvalue weighted by molar-refractivity contribution is 8.29. The molecule has 2 aliphatic rings. The van der Waals surface area contributed by atoms with E-state index in [0.29, 0.717) is 0 Å². The van der Waals surface area contributed by atoms with Crippen molar-refractivity contribution in [2.24, 2.45) is 0 Å². The molecule has 0 aromatic carbocycles. The van der Waals surface area contributed by atoms with Crippen LogP contribution in [-0.2, 0) is 13.6 Å². The minimum atomic E-state index is -2.92. The predicted octanol–water partition coefficient (Wildman–Crippen LogP) is 4.02. The Morgan fingerprint density at radius 2 is 1.60 bits per heavy atom. The van der Waals surface area contributed by atoms with E-state index < -0.39 is 7.60 Å². The Labute approximate surface area is 98.9 Å². The molecular formula is C9H15O3PS2. The third-order valence-electron chi connectivity index (χ3n) is 2.62. The quantitative estimate of drug-likeness (QED) is 0.721. The van der Waals surface area contributed by atoms with E-state index in [1.165, 1.54) is 36.9 Å². The van der Waals surface area contributed by atoms with E-state index in [9.17, 15) is 4.57 Å². The highest BCUT2D eigenvalue weighted by Crippen LogP contribution is 2.68. The third-order valence-corrected chi connectivity index (χ3v) is 8.92. The largest absolute Gasteiger partial charge is 0.353 e. The number of thioether (sulfide) groups is 2. The molecule has 0 saturated carbocycles. The molecule has 0 aromatic heterocycles. The van der Waals surface area contributed by atoms with Gasteiger partial charge in [0.25, 0.3) is 0 Å².